The van der Waals surface area contributed by atoms with Crippen molar-refractivity contribution in [1.82, 2.24) is 24.6 Å². The Morgan fingerprint density at radius 2 is 1.50 bits per heavy atom. The zero-order valence-corrected chi connectivity index (χ0v) is 27.1. The molecule has 0 saturated heterocycles. The Labute approximate surface area is 266 Å². The van der Waals surface area contributed by atoms with Crippen LogP contribution in [0, 0.1) is 0 Å². The van der Waals surface area contributed by atoms with Gasteiger partial charge in [0.05, 0.1) is 17.9 Å². The van der Waals surface area contributed by atoms with Gasteiger partial charge in [0.15, 0.2) is 0 Å². The van der Waals surface area contributed by atoms with Crippen LogP contribution in [0.5, 0.6) is 0 Å². The molecule has 0 bridgehead atoms. The molecule has 0 unspecified atom stereocenters. The number of aromatic nitrogens is 3. The highest BCUT2D eigenvalue weighted by Gasteiger charge is 2.24. The number of rotatable bonds is 10. The molecule has 5 rings (SSSR count). The van der Waals surface area contributed by atoms with E-state index in [0.29, 0.717) is 6.54 Å². The van der Waals surface area contributed by atoms with Gasteiger partial charge in [0.1, 0.15) is 5.82 Å². The third-order valence-corrected chi connectivity index (χ3v) is 8.34. The van der Waals surface area contributed by atoms with E-state index in [1.54, 1.807) is 11.8 Å². The minimum absolute atomic E-state index is 0.150. The van der Waals surface area contributed by atoms with Gasteiger partial charge < -0.3 is 9.80 Å². The van der Waals surface area contributed by atoms with Crippen LogP contribution in [0.25, 0.3) is 0 Å². The first kappa shape index (κ1) is 31.0. The molecule has 0 fully saturated rings. The average Bonchev–Trinajstić information content (AvgIpc) is 3.32. The summed E-state index contributed by atoms with van der Waals surface area (Å²) in [6.45, 7) is 14.9. The van der Waals surface area contributed by atoms with E-state index >= 15 is 0 Å². The van der Waals surface area contributed by atoms with Crippen molar-refractivity contribution in [1.29, 1.82) is 0 Å². The van der Waals surface area contributed by atoms with Gasteiger partial charge in [-0.05, 0) is 66.0 Å². The Bertz CT molecular complexity index is 1700. The lowest BCUT2D eigenvalue weighted by atomic mass is 9.95. The number of nitrogens with zero attached hydrogens (tertiary/aromatic N) is 5. The lowest BCUT2D eigenvalue weighted by Gasteiger charge is -2.23. The molecule has 6 heteroatoms. The van der Waals surface area contributed by atoms with E-state index in [1.165, 1.54) is 22.3 Å². The Morgan fingerprint density at radius 1 is 0.864 bits per heavy atom. The summed E-state index contributed by atoms with van der Waals surface area (Å²) in [5.41, 5.74) is 16.8. The van der Waals surface area contributed by atoms with E-state index in [9.17, 15) is 0 Å². The maximum Gasteiger partial charge on any atom is 0.209 e. The van der Waals surface area contributed by atoms with Gasteiger partial charge in [0, 0.05) is 36.7 Å². The van der Waals surface area contributed by atoms with Crippen molar-refractivity contribution in [3.8, 4) is 0 Å². The first-order valence-corrected chi connectivity index (χ1v) is 16.1. The molecule has 44 heavy (non-hydrogen) atoms. The highest BCUT2D eigenvalue weighted by Crippen LogP contribution is 2.28. The monoisotopic (exact) mass is 599 g/mol. The predicted octanol–water partition coefficient (Wildman–Crippen LogP) is 8.69. The smallest absolute Gasteiger partial charge is 0.209 e. The van der Waals surface area contributed by atoms with Crippen LogP contribution in [0.1, 0.15) is 57.5 Å². The quantitative estimate of drug-likeness (QED) is 0.172. The first-order valence-electron chi connectivity index (χ1n) is 15.1. The molecule has 2 aliphatic heterocycles. The van der Waals surface area contributed by atoms with E-state index in [4.69, 9.17) is 10.1 Å². The summed E-state index contributed by atoms with van der Waals surface area (Å²) < 4.78 is 2.09. The molecule has 5 nitrogen and oxygen atoms in total. The van der Waals surface area contributed by atoms with E-state index in [-0.39, 0.29) is 5.41 Å². The number of hydrogen-bond acceptors (Lipinski definition) is 5. The molecular formula is C38H41N5S. The van der Waals surface area contributed by atoms with Gasteiger partial charge in [-0.15, -0.1) is 5.10 Å². The molecule has 0 amide bonds. The summed E-state index contributed by atoms with van der Waals surface area (Å²) in [6.07, 6.45) is 12.1. The molecule has 2 aromatic carbocycles. The maximum atomic E-state index is 5.06. The number of benzene rings is 2. The van der Waals surface area contributed by atoms with Gasteiger partial charge >= 0.3 is 0 Å². The van der Waals surface area contributed by atoms with E-state index < -0.39 is 0 Å². The molecule has 0 N–H and O–H groups in total. The van der Waals surface area contributed by atoms with Crippen LogP contribution in [-0.4, -0.2) is 30.3 Å². The zero-order chi connectivity index (χ0) is 30.9. The standard InChI is InChI=1S/C38H41N5S/c1-6-35-23-15-22-34(27-42(35)25-32-19-11-8-12-20-32)29-44-37-39-36(38(3,4)5)43(40-37)28-33-21-14-13-16-30(2)41(26-33)24-31-17-9-7-10-18-31/h6-12,14-15,17-20,26-27H,1,21-22,24-25,28-29H2,2-5H3. The summed E-state index contributed by atoms with van der Waals surface area (Å²) in [4.78, 5) is 9.55. The Balaban J connectivity index is 1.35. The molecule has 0 saturated carbocycles. The lowest BCUT2D eigenvalue weighted by molar-refractivity contribution is 0.445. The summed E-state index contributed by atoms with van der Waals surface area (Å²) in [5.74, 6) is 1.78. The molecule has 3 heterocycles. The second-order valence-corrected chi connectivity index (χ2v) is 13.1. The first-order chi connectivity index (χ1) is 21.3. The van der Waals surface area contributed by atoms with Crippen LogP contribution in [0.4, 0.5) is 0 Å². The van der Waals surface area contributed by atoms with Crippen molar-refractivity contribution in [3.05, 3.63) is 155 Å². The van der Waals surface area contributed by atoms with Crippen molar-refractivity contribution in [2.45, 2.75) is 70.7 Å². The van der Waals surface area contributed by atoms with Gasteiger partial charge in [-0.25, -0.2) is 9.67 Å². The van der Waals surface area contributed by atoms with Gasteiger partial charge in [-0.1, -0.05) is 111 Å². The zero-order valence-electron chi connectivity index (χ0n) is 26.3. The molecule has 3 aromatic rings. The normalized spacial score (nSPS) is 15.2. The van der Waals surface area contributed by atoms with Crippen LogP contribution in [-0.2, 0) is 25.0 Å². The third-order valence-electron chi connectivity index (χ3n) is 7.40. The fourth-order valence-corrected chi connectivity index (χ4v) is 5.94. The minimum atomic E-state index is -0.150. The number of hydrogen-bond donors (Lipinski definition) is 0. The summed E-state index contributed by atoms with van der Waals surface area (Å²) >= 11 is 1.69. The van der Waals surface area contributed by atoms with Crippen molar-refractivity contribution in [3.63, 3.8) is 0 Å². The van der Waals surface area contributed by atoms with Gasteiger partial charge in [0.2, 0.25) is 5.16 Å². The average molecular weight is 600 g/mol. The summed E-state index contributed by atoms with van der Waals surface area (Å²) in [5, 5.41) is 5.84. The van der Waals surface area contributed by atoms with Crippen LogP contribution in [0.3, 0.4) is 0 Å². The Morgan fingerprint density at radius 3 is 2.16 bits per heavy atom. The number of allylic oxidation sites excluding steroid dienone is 4. The van der Waals surface area contributed by atoms with Crippen molar-refractivity contribution in [2.75, 3.05) is 5.75 Å². The van der Waals surface area contributed by atoms with Crippen LogP contribution in [0.15, 0.2) is 143 Å². The highest BCUT2D eigenvalue weighted by molar-refractivity contribution is 7.99. The molecule has 0 spiro atoms. The van der Waals surface area contributed by atoms with Crippen molar-refractivity contribution in [2.24, 2.45) is 0 Å². The van der Waals surface area contributed by atoms with E-state index in [1.807, 2.05) is 12.1 Å². The van der Waals surface area contributed by atoms with E-state index in [2.05, 4.69) is 145 Å². The van der Waals surface area contributed by atoms with Crippen LogP contribution < -0.4 is 0 Å². The van der Waals surface area contributed by atoms with Crippen LogP contribution in [0.2, 0.25) is 0 Å². The summed E-state index contributed by atoms with van der Waals surface area (Å²) in [6, 6.07) is 21.0. The predicted molar refractivity (Wildman–Crippen MR) is 181 cm³/mol. The van der Waals surface area contributed by atoms with Gasteiger partial charge in [-0.2, -0.15) is 0 Å². The molecule has 0 aliphatic carbocycles. The van der Waals surface area contributed by atoms with Gasteiger partial charge in [0.25, 0.3) is 0 Å². The molecule has 2 aliphatic rings. The molecule has 0 radical (unpaired) electrons. The second-order valence-electron chi connectivity index (χ2n) is 12.1. The fourth-order valence-electron chi connectivity index (χ4n) is 5.12. The van der Waals surface area contributed by atoms with E-state index in [0.717, 1.165) is 54.1 Å². The van der Waals surface area contributed by atoms with Crippen molar-refractivity contribution < 1.29 is 0 Å². The van der Waals surface area contributed by atoms with Crippen LogP contribution >= 0.6 is 11.8 Å². The fraction of sp³-hybridized carbons (Fsp3) is 0.289. The van der Waals surface area contributed by atoms with Gasteiger partial charge in [-0.3, -0.25) is 0 Å². The maximum absolute atomic E-state index is 5.06. The lowest BCUT2D eigenvalue weighted by Crippen LogP contribution is -2.21. The molecule has 1 aromatic heterocycles. The minimum Gasteiger partial charge on any atom is -0.340 e. The second kappa shape index (κ2) is 14.4. The molecule has 224 valence electrons. The third kappa shape index (κ3) is 8.35. The molecular weight excluding hydrogens is 559 g/mol. The topological polar surface area (TPSA) is 37.2 Å². The molecule has 0 atom stereocenters. The largest absolute Gasteiger partial charge is 0.340 e. The Hall–Kier alpha value is -4.43. The summed E-state index contributed by atoms with van der Waals surface area (Å²) in [7, 11) is 0. The highest BCUT2D eigenvalue weighted by atomic mass is 32.2. The van der Waals surface area contributed by atoms with Crippen molar-refractivity contribution >= 4 is 11.8 Å². The Kier molecular flexibility index (Phi) is 10.1. The SMILES string of the molecule is C=CC1=C=CCC(CSc2nc(C(C)(C)C)n(CC3=CN(Cc4ccccc4)C(C)=C=C=CC3)n2)=CN1Cc1ccccc1. The number of thioether (sulfide) groups is 1.